The average Bonchev–Trinajstić information content (AvgIpc) is 3.06. The monoisotopic (exact) mass is 366 g/mol. The number of fused-ring (bicyclic) bond motifs is 3. The number of aryl methyl sites for hydroxylation is 2. The van der Waals surface area contributed by atoms with Crippen molar-refractivity contribution in [1.29, 1.82) is 0 Å². The van der Waals surface area contributed by atoms with Crippen LogP contribution in [0, 0.1) is 6.92 Å². The highest BCUT2D eigenvalue weighted by Gasteiger charge is 2.30. The van der Waals surface area contributed by atoms with Gasteiger partial charge in [0.25, 0.3) is 5.82 Å². The quantitative estimate of drug-likeness (QED) is 0.404. The number of anilines is 1. The molecule has 0 aliphatic carbocycles. The zero-order valence-electron chi connectivity index (χ0n) is 16.3. The molecule has 0 amide bonds. The number of benzene rings is 1. The number of hydrogen-bond donors (Lipinski definition) is 0. The van der Waals surface area contributed by atoms with Crippen LogP contribution in [0.15, 0.2) is 65.3 Å². The van der Waals surface area contributed by atoms with Crippen molar-refractivity contribution in [2.45, 2.75) is 13.7 Å². The Morgan fingerprint density at radius 1 is 1.11 bits per heavy atom. The molecule has 5 rings (SSSR count). The molecule has 0 saturated carbocycles. The van der Waals surface area contributed by atoms with E-state index in [1.54, 1.807) is 6.20 Å². The van der Waals surface area contributed by atoms with Crippen LogP contribution in [-0.4, -0.2) is 11.8 Å². The molecular weight excluding hydrogens is 345 g/mol. The summed E-state index contributed by atoms with van der Waals surface area (Å²) in [5.74, 6) is 3.37. The van der Waals surface area contributed by atoms with Crippen LogP contribution >= 0.6 is 0 Å². The fraction of sp³-hybridized carbons (Fsp3) is 0.130. The second-order valence-electron chi connectivity index (χ2n) is 7.38. The molecule has 0 fully saturated rings. The molecule has 0 bridgehead atoms. The largest absolute Gasteiger partial charge is 0.434 e. The lowest BCUT2D eigenvalue weighted by atomic mass is 9.61. The molecule has 0 spiro atoms. The Kier molecular flexibility index (Phi) is 3.83. The first-order valence-electron chi connectivity index (χ1n) is 9.53. The van der Waals surface area contributed by atoms with E-state index in [0.717, 1.165) is 21.8 Å². The van der Waals surface area contributed by atoms with E-state index in [1.165, 1.54) is 16.7 Å². The maximum absolute atomic E-state index is 6.02. The fourth-order valence-corrected chi connectivity index (χ4v) is 4.03. The molecule has 1 aliphatic heterocycles. The molecule has 1 aromatic carbocycles. The van der Waals surface area contributed by atoms with E-state index in [2.05, 4.69) is 96.0 Å². The lowest BCUT2D eigenvalue weighted by Gasteiger charge is -2.20. The molecule has 4 heterocycles. The van der Waals surface area contributed by atoms with Crippen molar-refractivity contribution in [3.05, 3.63) is 77.1 Å². The number of pyridine rings is 2. The van der Waals surface area contributed by atoms with Crippen LogP contribution in [0.25, 0.3) is 34.4 Å². The van der Waals surface area contributed by atoms with Gasteiger partial charge in [-0.2, -0.15) is 0 Å². The summed E-state index contributed by atoms with van der Waals surface area (Å²) in [7, 11) is 2.09. The molecule has 1 aliphatic rings. The third-order valence-corrected chi connectivity index (χ3v) is 5.43. The van der Waals surface area contributed by atoms with Crippen molar-refractivity contribution in [2.75, 3.05) is 4.81 Å². The number of aromatic nitrogens is 2. The topological polar surface area (TPSA) is 33.2 Å². The van der Waals surface area contributed by atoms with Gasteiger partial charge in [-0.05, 0) is 42.6 Å². The first-order chi connectivity index (χ1) is 13.6. The van der Waals surface area contributed by atoms with Gasteiger partial charge in [0.05, 0.1) is 13.2 Å². The summed E-state index contributed by atoms with van der Waals surface area (Å²) in [6.45, 7) is 4.56. The van der Waals surface area contributed by atoms with Crippen LogP contribution in [0.5, 0.6) is 0 Å². The van der Waals surface area contributed by atoms with Crippen molar-refractivity contribution < 1.29 is 8.98 Å². The first kappa shape index (κ1) is 16.8. The maximum Gasteiger partial charge on any atom is 0.402 e. The Morgan fingerprint density at radius 3 is 2.75 bits per heavy atom. The molecule has 5 heteroatoms. The Balaban J connectivity index is 1.69. The zero-order chi connectivity index (χ0) is 19.3. The van der Waals surface area contributed by atoms with Gasteiger partial charge in [-0.25, -0.2) is 9.55 Å². The Morgan fingerprint density at radius 2 is 1.93 bits per heavy atom. The highest BCUT2D eigenvalue weighted by Crippen LogP contribution is 2.26. The number of furan rings is 1. The summed E-state index contributed by atoms with van der Waals surface area (Å²) in [4.78, 5) is 6.62. The molecule has 0 N–H and O–H groups in total. The molecule has 0 radical (unpaired) electrons. The van der Waals surface area contributed by atoms with Crippen LogP contribution in [-0.2, 0) is 7.05 Å². The Hall–Kier alpha value is -3.34. The minimum absolute atomic E-state index is 0.200. The number of nitrogens with zero attached hydrogens (tertiary/aromatic N) is 3. The highest BCUT2D eigenvalue weighted by atomic mass is 16.3. The SMILES string of the molecule is CB1C=c2c(oc3ncccc23)=CN1c1cc(-c2ccccc2)c(C)c[n+]1C. The lowest BCUT2D eigenvalue weighted by Crippen LogP contribution is -2.47. The molecule has 0 unspecified atom stereocenters. The predicted molar refractivity (Wildman–Crippen MR) is 114 cm³/mol. The summed E-state index contributed by atoms with van der Waals surface area (Å²) >= 11 is 0. The second kappa shape index (κ2) is 6.38. The van der Waals surface area contributed by atoms with Crippen LogP contribution in [0.2, 0.25) is 6.82 Å². The van der Waals surface area contributed by atoms with E-state index in [-0.39, 0.29) is 6.85 Å². The van der Waals surface area contributed by atoms with Crippen molar-refractivity contribution in [1.82, 2.24) is 4.98 Å². The summed E-state index contributed by atoms with van der Waals surface area (Å²) in [5.41, 5.74) is 5.26. The fourth-order valence-electron chi connectivity index (χ4n) is 4.03. The van der Waals surface area contributed by atoms with Crippen molar-refractivity contribution >= 4 is 35.9 Å². The minimum atomic E-state index is 0.200. The van der Waals surface area contributed by atoms with Crippen LogP contribution in [0.3, 0.4) is 0 Å². The predicted octanol–water partition coefficient (Wildman–Crippen LogP) is 2.83. The third-order valence-electron chi connectivity index (χ3n) is 5.43. The molecule has 3 aromatic heterocycles. The van der Waals surface area contributed by atoms with Gasteiger partial charge >= 0.3 is 6.85 Å². The van der Waals surface area contributed by atoms with E-state index in [1.807, 2.05) is 6.07 Å². The Bertz CT molecular complexity index is 1310. The smallest absolute Gasteiger partial charge is 0.402 e. The molecule has 4 nitrogen and oxygen atoms in total. The van der Waals surface area contributed by atoms with Gasteiger partial charge in [0.1, 0.15) is 6.20 Å². The maximum atomic E-state index is 6.02. The standard InChI is InChI=1S/C23H21BN3O/c1-16-14-26(3)22(12-19(16)17-8-5-4-6-9-17)27-15-21-20(13-24(27)2)18-10-7-11-25-23(18)28-21/h4-15H,1-3H3/q+1. The van der Waals surface area contributed by atoms with Gasteiger partial charge in [-0.3, -0.25) is 4.81 Å². The minimum Gasteiger partial charge on any atom is -0.434 e. The Labute approximate surface area is 164 Å². The van der Waals surface area contributed by atoms with E-state index < -0.39 is 0 Å². The third kappa shape index (κ3) is 2.62. The van der Waals surface area contributed by atoms with Crippen molar-refractivity contribution in [3.8, 4) is 11.1 Å². The molecular formula is C23H21BN3O+. The van der Waals surface area contributed by atoms with E-state index in [0.29, 0.717) is 5.71 Å². The second-order valence-corrected chi connectivity index (χ2v) is 7.38. The van der Waals surface area contributed by atoms with Crippen LogP contribution in [0.1, 0.15) is 5.56 Å². The summed E-state index contributed by atoms with van der Waals surface area (Å²) < 4.78 is 8.20. The van der Waals surface area contributed by atoms with Gasteiger partial charge in [-0.15, -0.1) is 0 Å². The van der Waals surface area contributed by atoms with Gasteiger partial charge in [-0.1, -0.05) is 36.3 Å². The summed E-state index contributed by atoms with van der Waals surface area (Å²) in [6, 6.07) is 16.8. The molecule has 0 atom stereocenters. The van der Waals surface area contributed by atoms with Crippen LogP contribution in [0.4, 0.5) is 5.82 Å². The van der Waals surface area contributed by atoms with Gasteiger partial charge in [0.15, 0.2) is 5.42 Å². The lowest BCUT2D eigenvalue weighted by molar-refractivity contribution is -0.658. The number of hydrogen-bond acceptors (Lipinski definition) is 3. The summed E-state index contributed by atoms with van der Waals surface area (Å²) in [6.07, 6.45) is 6.06. The van der Waals surface area contributed by atoms with Gasteiger partial charge in [0, 0.05) is 22.9 Å². The van der Waals surface area contributed by atoms with Crippen LogP contribution < -0.4 is 20.0 Å². The van der Waals surface area contributed by atoms with Gasteiger partial charge in [0.2, 0.25) is 5.71 Å². The highest BCUT2D eigenvalue weighted by molar-refractivity contribution is 6.77. The van der Waals surface area contributed by atoms with E-state index in [4.69, 9.17) is 4.42 Å². The molecule has 4 aromatic rings. The summed E-state index contributed by atoms with van der Waals surface area (Å²) in [5, 5.41) is 2.20. The zero-order valence-corrected chi connectivity index (χ0v) is 16.3. The molecule has 0 saturated heterocycles. The van der Waals surface area contributed by atoms with E-state index >= 15 is 0 Å². The van der Waals surface area contributed by atoms with Crippen molar-refractivity contribution in [2.24, 2.45) is 7.05 Å². The normalized spacial score (nSPS) is 13.2. The number of rotatable bonds is 2. The molecule has 136 valence electrons. The van der Waals surface area contributed by atoms with E-state index in [9.17, 15) is 0 Å². The van der Waals surface area contributed by atoms with Gasteiger partial charge < -0.3 is 4.42 Å². The average molecular weight is 366 g/mol. The molecule has 28 heavy (non-hydrogen) atoms. The van der Waals surface area contributed by atoms with Crippen molar-refractivity contribution in [3.63, 3.8) is 0 Å². The first-order valence-corrected chi connectivity index (χ1v) is 9.53.